The van der Waals surface area contributed by atoms with Crippen molar-refractivity contribution in [1.82, 2.24) is 5.32 Å². The fraction of sp³-hybridized carbons (Fsp3) is 0.882. The van der Waals surface area contributed by atoms with Crippen molar-refractivity contribution >= 4 is 11.9 Å². The van der Waals surface area contributed by atoms with Crippen molar-refractivity contribution in [2.45, 2.75) is 72.8 Å². The standard InChI is InChI=1S/C17H31NO3/c1-7-11-8-12(13(9-11)15(20)21)14(19)18-17(5,6)10-16(2,3)4/h11-13H,7-10H2,1-6H3,(H,18,19)(H,20,21)/t11?,12-,13+/m0/s1. The van der Waals surface area contributed by atoms with Gasteiger partial charge in [-0.15, -0.1) is 0 Å². The van der Waals surface area contributed by atoms with Crippen LogP contribution in [0, 0.1) is 23.2 Å². The van der Waals surface area contributed by atoms with Crippen LogP contribution in [-0.4, -0.2) is 22.5 Å². The predicted molar refractivity (Wildman–Crippen MR) is 83.9 cm³/mol. The van der Waals surface area contributed by atoms with Crippen LogP contribution in [0.2, 0.25) is 0 Å². The van der Waals surface area contributed by atoms with Gasteiger partial charge in [0.2, 0.25) is 5.91 Å². The molecule has 1 rings (SSSR count). The molecular weight excluding hydrogens is 266 g/mol. The van der Waals surface area contributed by atoms with E-state index < -0.39 is 11.9 Å². The van der Waals surface area contributed by atoms with Crippen molar-refractivity contribution in [2.24, 2.45) is 23.2 Å². The number of carbonyl (C=O) groups excluding carboxylic acids is 1. The van der Waals surface area contributed by atoms with Crippen LogP contribution in [0.3, 0.4) is 0 Å². The highest BCUT2D eigenvalue weighted by atomic mass is 16.4. The Hall–Kier alpha value is -1.06. The number of aliphatic carboxylic acids is 1. The summed E-state index contributed by atoms with van der Waals surface area (Å²) in [6, 6.07) is 0. The molecule has 0 radical (unpaired) electrons. The zero-order valence-corrected chi connectivity index (χ0v) is 14.3. The highest BCUT2D eigenvalue weighted by Gasteiger charge is 2.43. The van der Waals surface area contributed by atoms with E-state index in [4.69, 9.17) is 0 Å². The van der Waals surface area contributed by atoms with Gasteiger partial charge in [-0.2, -0.15) is 0 Å². The number of amides is 1. The van der Waals surface area contributed by atoms with Gasteiger partial charge in [-0.05, 0) is 44.4 Å². The number of hydrogen-bond acceptors (Lipinski definition) is 2. The van der Waals surface area contributed by atoms with E-state index >= 15 is 0 Å². The van der Waals surface area contributed by atoms with Gasteiger partial charge >= 0.3 is 5.97 Å². The summed E-state index contributed by atoms with van der Waals surface area (Å²) in [6.45, 7) is 12.5. The number of hydrogen-bond donors (Lipinski definition) is 2. The summed E-state index contributed by atoms with van der Waals surface area (Å²) < 4.78 is 0. The average molecular weight is 297 g/mol. The maximum Gasteiger partial charge on any atom is 0.307 e. The fourth-order valence-corrected chi connectivity index (χ4v) is 3.84. The Balaban J connectivity index is 2.75. The van der Waals surface area contributed by atoms with Crippen molar-refractivity contribution in [3.63, 3.8) is 0 Å². The van der Waals surface area contributed by atoms with Crippen molar-refractivity contribution in [2.75, 3.05) is 0 Å². The summed E-state index contributed by atoms with van der Waals surface area (Å²) in [5.74, 6) is -1.48. The Morgan fingerprint density at radius 3 is 2.05 bits per heavy atom. The van der Waals surface area contributed by atoms with Crippen LogP contribution in [-0.2, 0) is 9.59 Å². The quantitative estimate of drug-likeness (QED) is 0.816. The second-order valence-corrected chi connectivity index (χ2v) is 8.41. The number of carboxylic acid groups (broad SMARTS) is 1. The minimum atomic E-state index is -0.834. The lowest BCUT2D eigenvalue weighted by Crippen LogP contribution is -2.49. The van der Waals surface area contributed by atoms with Gasteiger partial charge in [0.1, 0.15) is 0 Å². The van der Waals surface area contributed by atoms with Gasteiger partial charge in [-0.1, -0.05) is 34.1 Å². The summed E-state index contributed by atoms with van der Waals surface area (Å²) in [7, 11) is 0. The molecule has 0 saturated heterocycles. The second-order valence-electron chi connectivity index (χ2n) is 8.41. The van der Waals surface area contributed by atoms with Crippen LogP contribution in [0.4, 0.5) is 0 Å². The molecule has 1 saturated carbocycles. The highest BCUT2D eigenvalue weighted by molar-refractivity contribution is 5.85. The number of carbonyl (C=O) groups is 2. The Labute approximate surface area is 128 Å². The molecule has 0 bridgehead atoms. The topological polar surface area (TPSA) is 66.4 Å². The van der Waals surface area contributed by atoms with E-state index in [2.05, 4.69) is 33.0 Å². The van der Waals surface area contributed by atoms with Crippen LogP contribution in [0.25, 0.3) is 0 Å². The summed E-state index contributed by atoms with van der Waals surface area (Å²) >= 11 is 0. The van der Waals surface area contributed by atoms with Gasteiger partial charge in [0.05, 0.1) is 11.8 Å². The molecule has 0 aromatic carbocycles. The fourth-order valence-electron chi connectivity index (χ4n) is 3.84. The molecule has 0 aromatic rings. The molecule has 4 heteroatoms. The number of rotatable bonds is 5. The van der Waals surface area contributed by atoms with Crippen LogP contribution in [0.1, 0.15) is 67.2 Å². The van der Waals surface area contributed by atoms with Gasteiger partial charge in [0.15, 0.2) is 0 Å². The molecule has 1 aliphatic rings. The van der Waals surface area contributed by atoms with E-state index in [1.807, 2.05) is 13.8 Å². The smallest absolute Gasteiger partial charge is 0.307 e. The summed E-state index contributed by atoms with van der Waals surface area (Å²) in [4.78, 5) is 23.9. The van der Waals surface area contributed by atoms with Crippen LogP contribution >= 0.6 is 0 Å². The molecule has 0 aliphatic heterocycles. The summed E-state index contributed by atoms with van der Waals surface area (Å²) in [5, 5.41) is 12.4. The minimum Gasteiger partial charge on any atom is -0.481 e. The maximum absolute atomic E-state index is 12.5. The summed E-state index contributed by atoms with van der Waals surface area (Å²) in [5.41, 5.74) is -0.201. The van der Waals surface area contributed by atoms with Gasteiger partial charge in [-0.25, -0.2) is 0 Å². The van der Waals surface area contributed by atoms with Crippen molar-refractivity contribution in [3.8, 4) is 0 Å². The first-order chi connectivity index (χ1) is 9.45. The van der Waals surface area contributed by atoms with Gasteiger partial charge in [0, 0.05) is 5.54 Å². The van der Waals surface area contributed by atoms with E-state index in [-0.39, 0.29) is 22.8 Å². The van der Waals surface area contributed by atoms with E-state index in [0.29, 0.717) is 18.8 Å². The first-order valence-electron chi connectivity index (χ1n) is 8.00. The molecule has 0 heterocycles. The Morgan fingerprint density at radius 1 is 1.10 bits per heavy atom. The molecule has 4 nitrogen and oxygen atoms in total. The molecule has 1 unspecified atom stereocenters. The Morgan fingerprint density at radius 2 is 1.62 bits per heavy atom. The molecule has 1 amide bonds. The van der Waals surface area contributed by atoms with Gasteiger partial charge in [0.25, 0.3) is 0 Å². The van der Waals surface area contributed by atoms with Crippen molar-refractivity contribution < 1.29 is 14.7 Å². The zero-order chi connectivity index (χ0) is 16.4. The van der Waals surface area contributed by atoms with Crippen molar-refractivity contribution in [3.05, 3.63) is 0 Å². The Bertz CT molecular complexity index is 395. The second kappa shape index (κ2) is 6.37. The molecule has 1 aliphatic carbocycles. The lowest BCUT2D eigenvalue weighted by atomic mass is 9.81. The third-order valence-electron chi connectivity index (χ3n) is 4.33. The van der Waals surface area contributed by atoms with Gasteiger partial charge in [-0.3, -0.25) is 9.59 Å². The highest BCUT2D eigenvalue weighted by Crippen LogP contribution is 2.39. The van der Waals surface area contributed by atoms with Gasteiger partial charge < -0.3 is 10.4 Å². The average Bonchev–Trinajstić information content (AvgIpc) is 2.68. The summed E-state index contributed by atoms with van der Waals surface area (Å²) in [6.07, 6.45) is 3.13. The van der Waals surface area contributed by atoms with Crippen molar-refractivity contribution in [1.29, 1.82) is 0 Å². The zero-order valence-electron chi connectivity index (χ0n) is 14.3. The van der Waals surface area contributed by atoms with E-state index in [9.17, 15) is 14.7 Å². The molecule has 1 fully saturated rings. The van der Waals surface area contributed by atoms with Crippen LogP contribution < -0.4 is 5.32 Å². The van der Waals surface area contributed by atoms with Crippen LogP contribution in [0.5, 0.6) is 0 Å². The monoisotopic (exact) mass is 297 g/mol. The van der Waals surface area contributed by atoms with E-state index in [1.165, 1.54) is 0 Å². The lowest BCUT2D eigenvalue weighted by Gasteiger charge is -2.34. The first-order valence-corrected chi connectivity index (χ1v) is 8.00. The molecule has 0 spiro atoms. The predicted octanol–water partition coefficient (Wildman–Crippen LogP) is 3.45. The molecule has 3 atom stereocenters. The number of carboxylic acids is 1. The number of nitrogens with one attached hydrogen (secondary N) is 1. The lowest BCUT2D eigenvalue weighted by molar-refractivity contribution is -0.146. The molecule has 2 N–H and O–H groups in total. The molecule has 21 heavy (non-hydrogen) atoms. The molecule has 0 aromatic heterocycles. The Kier molecular flexibility index (Phi) is 5.46. The SMILES string of the molecule is CCC1C[C@H](C(=O)NC(C)(C)CC(C)(C)C)[C@H](C(=O)O)C1. The van der Waals surface area contributed by atoms with E-state index in [0.717, 1.165) is 12.8 Å². The third-order valence-corrected chi connectivity index (χ3v) is 4.33. The third kappa shape index (κ3) is 5.33. The minimum absolute atomic E-state index is 0.0902. The largest absolute Gasteiger partial charge is 0.481 e. The first kappa shape index (κ1) is 18.0. The van der Waals surface area contributed by atoms with E-state index in [1.54, 1.807) is 0 Å². The molecule has 122 valence electrons. The normalized spacial score (nSPS) is 26.7. The van der Waals surface area contributed by atoms with Crippen LogP contribution in [0.15, 0.2) is 0 Å². The molecular formula is C17H31NO3. The maximum atomic E-state index is 12.5.